The van der Waals surface area contributed by atoms with Gasteiger partial charge in [0, 0.05) is 19.6 Å². The predicted molar refractivity (Wildman–Crippen MR) is 73.9 cm³/mol. The number of ether oxygens (including phenoxy) is 1. The SMILES string of the molecule is CNCC(O)CNC(=O)CNCC(O)C[NH+]=C(N)OC. The average Bonchev–Trinajstić information content (AvgIpc) is 2.42. The van der Waals surface area contributed by atoms with Crippen LogP contribution >= 0.6 is 0 Å². The van der Waals surface area contributed by atoms with Crippen molar-refractivity contribution in [3.63, 3.8) is 0 Å². The molecule has 118 valence electrons. The zero-order valence-corrected chi connectivity index (χ0v) is 12.0. The van der Waals surface area contributed by atoms with Gasteiger partial charge in [-0.2, -0.15) is 0 Å². The average molecular weight is 292 g/mol. The summed E-state index contributed by atoms with van der Waals surface area (Å²) in [4.78, 5) is 14.1. The molecule has 9 heteroatoms. The number of aliphatic hydroxyl groups is 2. The molecule has 2 unspecified atom stereocenters. The first-order valence-electron chi connectivity index (χ1n) is 6.38. The minimum atomic E-state index is -0.702. The second kappa shape index (κ2) is 11.4. The van der Waals surface area contributed by atoms with Gasteiger partial charge in [-0.25, -0.2) is 4.99 Å². The quantitative estimate of drug-likeness (QED) is 0.157. The number of hydrogen-bond donors (Lipinski definition) is 7. The van der Waals surface area contributed by atoms with Crippen molar-refractivity contribution in [3.8, 4) is 0 Å². The summed E-state index contributed by atoms with van der Waals surface area (Å²) in [5.41, 5.74) is 5.35. The highest BCUT2D eigenvalue weighted by atomic mass is 16.5. The minimum absolute atomic E-state index is 0.0623. The Morgan fingerprint density at radius 1 is 1.30 bits per heavy atom. The normalized spacial score (nSPS) is 14.7. The summed E-state index contributed by atoms with van der Waals surface area (Å²) < 4.78 is 4.68. The number of hydrogen-bond acceptors (Lipinski definition) is 6. The Kier molecular flexibility index (Phi) is 10.6. The van der Waals surface area contributed by atoms with Crippen molar-refractivity contribution in [2.45, 2.75) is 12.2 Å². The monoisotopic (exact) mass is 292 g/mol. The number of nitrogens with one attached hydrogen (secondary N) is 4. The second-order valence-corrected chi connectivity index (χ2v) is 4.25. The third-order valence-corrected chi connectivity index (χ3v) is 2.37. The first kappa shape index (κ1) is 18.6. The van der Waals surface area contributed by atoms with Crippen LogP contribution in [0.5, 0.6) is 0 Å². The van der Waals surface area contributed by atoms with Crippen molar-refractivity contribution < 1.29 is 24.7 Å². The first-order valence-corrected chi connectivity index (χ1v) is 6.38. The molecule has 0 aromatic heterocycles. The largest absolute Gasteiger partial charge is 0.439 e. The zero-order valence-electron chi connectivity index (χ0n) is 12.0. The van der Waals surface area contributed by atoms with E-state index < -0.39 is 12.2 Å². The molecule has 1 amide bonds. The Morgan fingerprint density at radius 3 is 2.60 bits per heavy atom. The maximum Gasteiger partial charge on any atom is 0.439 e. The molecule has 0 radical (unpaired) electrons. The molecular weight excluding hydrogens is 266 g/mol. The van der Waals surface area contributed by atoms with Crippen molar-refractivity contribution in [1.82, 2.24) is 16.0 Å². The van der Waals surface area contributed by atoms with E-state index in [1.807, 2.05) is 0 Å². The lowest BCUT2D eigenvalue weighted by molar-refractivity contribution is -0.479. The minimum Gasteiger partial charge on any atom is -0.435 e. The maximum atomic E-state index is 11.4. The summed E-state index contributed by atoms with van der Waals surface area (Å²) in [6, 6.07) is 0.125. The topological polar surface area (TPSA) is 143 Å². The molecule has 0 spiro atoms. The van der Waals surface area contributed by atoms with E-state index in [-0.39, 0.29) is 38.1 Å². The van der Waals surface area contributed by atoms with Crippen molar-refractivity contribution in [1.29, 1.82) is 0 Å². The molecular formula is C11H26N5O4+. The summed E-state index contributed by atoms with van der Waals surface area (Å²) in [5.74, 6) is -0.247. The molecule has 0 aromatic carbocycles. The van der Waals surface area contributed by atoms with E-state index in [0.29, 0.717) is 6.54 Å². The highest BCUT2D eigenvalue weighted by Crippen LogP contribution is 1.78. The van der Waals surface area contributed by atoms with Gasteiger partial charge < -0.3 is 30.9 Å². The van der Waals surface area contributed by atoms with Crippen molar-refractivity contribution in [3.05, 3.63) is 0 Å². The molecule has 0 aromatic rings. The summed E-state index contributed by atoms with van der Waals surface area (Å²) in [6.45, 7) is 1.11. The van der Waals surface area contributed by atoms with E-state index in [9.17, 15) is 15.0 Å². The molecule has 0 bridgehead atoms. The van der Waals surface area contributed by atoms with Crippen LogP contribution in [0.25, 0.3) is 0 Å². The summed E-state index contributed by atoms with van der Waals surface area (Å²) in [5, 5.41) is 27.1. The van der Waals surface area contributed by atoms with Crippen LogP contribution in [0.15, 0.2) is 0 Å². The molecule has 0 saturated heterocycles. The van der Waals surface area contributed by atoms with Gasteiger partial charge in [0.25, 0.3) is 0 Å². The van der Waals surface area contributed by atoms with Gasteiger partial charge in [-0.1, -0.05) is 0 Å². The van der Waals surface area contributed by atoms with E-state index in [1.165, 1.54) is 7.11 Å². The number of likely N-dealkylation sites (N-methyl/N-ethyl adjacent to an activating group) is 1. The molecule has 9 nitrogen and oxygen atoms in total. The van der Waals surface area contributed by atoms with E-state index in [2.05, 4.69) is 25.7 Å². The predicted octanol–water partition coefficient (Wildman–Crippen LogP) is -5.32. The van der Waals surface area contributed by atoms with Gasteiger partial charge in [-0.3, -0.25) is 10.5 Å². The Bertz CT molecular complexity index is 301. The van der Waals surface area contributed by atoms with Gasteiger partial charge in [-0.15, -0.1) is 0 Å². The van der Waals surface area contributed by atoms with Gasteiger partial charge in [0.2, 0.25) is 5.91 Å². The number of carbonyl (C=O) groups excluding carboxylic acids is 1. The molecule has 8 N–H and O–H groups in total. The summed E-state index contributed by atoms with van der Waals surface area (Å²) in [6.07, 6.45) is -1.32. The highest BCUT2D eigenvalue weighted by molar-refractivity contribution is 5.77. The number of methoxy groups -OCH3 is 1. The molecule has 20 heavy (non-hydrogen) atoms. The number of aliphatic hydroxyl groups excluding tert-OH is 2. The molecule has 0 rings (SSSR count). The van der Waals surface area contributed by atoms with Crippen LogP contribution in [0.4, 0.5) is 0 Å². The van der Waals surface area contributed by atoms with Gasteiger partial charge >= 0.3 is 6.02 Å². The highest BCUT2D eigenvalue weighted by Gasteiger charge is 2.08. The standard InChI is InChI=1S/C11H25N5O4/c1-13-3-8(17)5-15-10(19)7-14-4-9(18)6-16-11(12)20-2/h8-9,13-14,17-18H,3-7H2,1-2H3,(H2,12,16)(H,15,19)/p+1. The lowest BCUT2D eigenvalue weighted by atomic mass is 10.3. The summed E-state index contributed by atoms with van der Waals surface area (Å²) in [7, 11) is 3.13. The third-order valence-electron chi connectivity index (χ3n) is 2.37. The number of nitrogens with two attached hydrogens (primary N) is 1. The Hall–Kier alpha value is -1.42. The van der Waals surface area contributed by atoms with E-state index >= 15 is 0 Å². The van der Waals surface area contributed by atoms with Crippen LogP contribution in [-0.4, -0.2) is 81.2 Å². The first-order chi connectivity index (χ1) is 9.49. The van der Waals surface area contributed by atoms with Gasteiger partial charge in [0.15, 0.2) is 0 Å². The molecule has 2 atom stereocenters. The van der Waals surface area contributed by atoms with E-state index in [1.54, 1.807) is 7.05 Å². The van der Waals surface area contributed by atoms with Crippen molar-refractivity contribution in [2.75, 3.05) is 46.9 Å². The van der Waals surface area contributed by atoms with Gasteiger partial charge in [0.1, 0.15) is 12.6 Å². The summed E-state index contributed by atoms with van der Waals surface area (Å²) >= 11 is 0. The molecule has 0 saturated carbocycles. The Labute approximate surface area is 118 Å². The number of amides is 1. The van der Waals surface area contributed by atoms with Crippen LogP contribution in [0.2, 0.25) is 0 Å². The smallest absolute Gasteiger partial charge is 0.435 e. The zero-order chi connectivity index (χ0) is 15.4. The molecule has 0 heterocycles. The van der Waals surface area contributed by atoms with Gasteiger partial charge in [-0.05, 0) is 7.05 Å². The fraction of sp³-hybridized carbons (Fsp3) is 0.818. The van der Waals surface area contributed by atoms with Crippen molar-refractivity contribution >= 4 is 11.9 Å². The fourth-order valence-corrected chi connectivity index (χ4v) is 1.32. The van der Waals surface area contributed by atoms with Crippen LogP contribution in [0.3, 0.4) is 0 Å². The van der Waals surface area contributed by atoms with Crippen LogP contribution in [0, 0.1) is 0 Å². The fourth-order valence-electron chi connectivity index (χ4n) is 1.32. The van der Waals surface area contributed by atoms with Gasteiger partial charge in [0.05, 0.1) is 19.8 Å². The Balaban J connectivity index is 3.65. The molecule has 0 aliphatic carbocycles. The second-order valence-electron chi connectivity index (χ2n) is 4.25. The molecule has 0 aliphatic heterocycles. The maximum absolute atomic E-state index is 11.4. The van der Waals surface area contributed by atoms with E-state index in [0.717, 1.165) is 0 Å². The van der Waals surface area contributed by atoms with Crippen molar-refractivity contribution in [2.24, 2.45) is 5.73 Å². The lowest BCUT2D eigenvalue weighted by Gasteiger charge is -2.12. The van der Waals surface area contributed by atoms with Crippen LogP contribution < -0.4 is 26.7 Å². The Morgan fingerprint density at radius 2 is 2.00 bits per heavy atom. The number of rotatable bonds is 10. The van der Waals surface area contributed by atoms with Crippen LogP contribution in [0.1, 0.15) is 0 Å². The van der Waals surface area contributed by atoms with E-state index in [4.69, 9.17) is 5.73 Å². The molecule has 0 fully saturated rings. The number of carbonyl (C=O) groups is 1. The third kappa shape index (κ3) is 10.5. The number of amidine groups is 1. The lowest BCUT2D eigenvalue weighted by Crippen LogP contribution is -2.78. The molecule has 0 aliphatic rings. The van der Waals surface area contributed by atoms with Crippen LogP contribution in [-0.2, 0) is 9.53 Å².